The van der Waals surface area contributed by atoms with Gasteiger partial charge >= 0.3 is 6.09 Å². The van der Waals surface area contributed by atoms with Crippen molar-refractivity contribution in [2.45, 2.75) is 19.4 Å². The Morgan fingerprint density at radius 1 is 1.41 bits per heavy atom. The zero-order chi connectivity index (χ0) is 12.5. The smallest absolute Gasteiger partial charge is 0.431 e. The van der Waals surface area contributed by atoms with Crippen molar-refractivity contribution in [2.75, 3.05) is 6.54 Å². The molecule has 5 heteroatoms. The van der Waals surface area contributed by atoms with Gasteiger partial charge in [0.2, 0.25) is 0 Å². The van der Waals surface area contributed by atoms with Gasteiger partial charge in [-0.15, -0.1) is 0 Å². The fourth-order valence-electron chi connectivity index (χ4n) is 1.24. The molecular formula is C12H14N2O3. The summed E-state index contributed by atoms with van der Waals surface area (Å²) in [6, 6.07) is 11.3. The van der Waals surface area contributed by atoms with E-state index in [2.05, 4.69) is 0 Å². The number of carbonyl (C=O) groups is 1. The van der Waals surface area contributed by atoms with Crippen LogP contribution in [-0.4, -0.2) is 22.8 Å². The highest BCUT2D eigenvalue weighted by atomic mass is 16.7. The SMILES string of the molecule is N#CCCCN(OCc1ccccc1)C(=O)O. The van der Waals surface area contributed by atoms with Crippen LogP contribution in [0.4, 0.5) is 4.79 Å². The van der Waals surface area contributed by atoms with E-state index in [9.17, 15) is 4.79 Å². The number of unbranched alkanes of at least 4 members (excludes halogenated alkanes) is 1. The minimum absolute atomic E-state index is 0.204. The van der Waals surface area contributed by atoms with Crippen molar-refractivity contribution in [3.05, 3.63) is 35.9 Å². The number of hydrogen-bond donors (Lipinski definition) is 1. The number of amides is 1. The summed E-state index contributed by atoms with van der Waals surface area (Å²) in [5, 5.41) is 18.1. The van der Waals surface area contributed by atoms with Gasteiger partial charge in [0.25, 0.3) is 0 Å². The molecule has 0 fully saturated rings. The Hall–Kier alpha value is -2.06. The molecule has 0 aliphatic carbocycles. The van der Waals surface area contributed by atoms with Crippen LogP contribution in [0.15, 0.2) is 30.3 Å². The van der Waals surface area contributed by atoms with E-state index in [0.29, 0.717) is 12.8 Å². The lowest BCUT2D eigenvalue weighted by molar-refractivity contribution is -0.141. The third kappa shape index (κ3) is 5.00. The molecule has 0 unspecified atom stereocenters. The Balaban J connectivity index is 2.40. The number of hydroxylamine groups is 2. The normalized spacial score (nSPS) is 9.59. The summed E-state index contributed by atoms with van der Waals surface area (Å²) in [6.45, 7) is 0.412. The van der Waals surface area contributed by atoms with Crippen molar-refractivity contribution < 1.29 is 14.7 Å². The molecule has 0 saturated heterocycles. The lowest BCUT2D eigenvalue weighted by Crippen LogP contribution is -2.30. The summed E-state index contributed by atoms with van der Waals surface area (Å²) in [5.41, 5.74) is 0.902. The van der Waals surface area contributed by atoms with Gasteiger partial charge in [0.15, 0.2) is 0 Å². The largest absolute Gasteiger partial charge is 0.463 e. The first-order chi connectivity index (χ1) is 8.24. The van der Waals surface area contributed by atoms with Crippen LogP contribution >= 0.6 is 0 Å². The number of nitrogens with zero attached hydrogens (tertiary/aromatic N) is 2. The van der Waals surface area contributed by atoms with Crippen molar-refractivity contribution in [2.24, 2.45) is 0 Å². The maximum absolute atomic E-state index is 10.8. The number of carboxylic acid groups (broad SMARTS) is 1. The second-order valence-electron chi connectivity index (χ2n) is 3.41. The summed E-state index contributed by atoms with van der Waals surface area (Å²) < 4.78 is 0. The first kappa shape index (κ1) is 13.0. The van der Waals surface area contributed by atoms with Crippen molar-refractivity contribution in [1.82, 2.24) is 5.06 Å². The summed E-state index contributed by atoms with van der Waals surface area (Å²) in [6.07, 6.45) is -0.352. The number of rotatable bonds is 6. The molecule has 1 aromatic carbocycles. The summed E-state index contributed by atoms with van der Waals surface area (Å²) in [5.74, 6) is 0. The molecule has 0 aliphatic rings. The predicted octanol–water partition coefficient (Wildman–Crippen LogP) is 2.40. The molecule has 0 heterocycles. The van der Waals surface area contributed by atoms with Gasteiger partial charge in [-0.2, -0.15) is 10.3 Å². The molecule has 0 atom stereocenters. The van der Waals surface area contributed by atoms with Gasteiger partial charge in [-0.3, -0.25) is 4.84 Å². The average Bonchev–Trinajstić information content (AvgIpc) is 2.34. The first-order valence-corrected chi connectivity index (χ1v) is 5.28. The van der Waals surface area contributed by atoms with E-state index in [-0.39, 0.29) is 13.2 Å². The maximum Gasteiger partial charge on any atom is 0.431 e. The first-order valence-electron chi connectivity index (χ1n) is 5.28. The van der Waals surface area contributed by atoms with Crippen molar-refractivity contribution in [3.8, 4) is 6.07 Å². The van der Waals surface area contributed by atoms with E-state index in [1.54, 1.807) is 0 Å². The number of hydrogen-bond acceptors (Lipinski definition) is 3. The molecule has 0 saturated carbocycles. The van der Waals surface area contributed by atoms with E-state index < -0.39 is 6.09 Å². The monoisotopic (exact) mass is 234 g/mol. The van der Waals surface area contributed by atoms with Gasteiger partial charge in [-0.05, 0) is 12.0 Å². The fourth-order valence-corrected chi connectivity index (χ4v) is 1.24. The highest BCUT2D eigenvalue weighted by Gasteiger charge is 2.11. The zero-order valence-electron chi connectivity index (χ0n) is 9.37. The van der Waals surface area contributed by atoms with E-state index in [1.165, 1.54) is 0 Å². The van der Waals surface area contributed by atoms with E-state index in [0.717, 1.165) is 10.6 Å². The van der Waals surface area contributed by atoms with Gasteiger partial charge in [0, 0.05) is 6.42 Å². The van der Waals surface area contributed by atoms with Crippen LogP contribution in [0.2, 0.25) is 0 Å². The van der Waals surface area contributed by atoms with Crippen LogP contribution in [-0.2, 0) is 11.4 Å². The summed E-state index contributed by atoms with van der Waals surface area (Å²) >= 11 is 0. The van der Waals surface area contributed by atoms with Crippen molar-refractivity contribution >= 4 is 6.09 Å². The molecule has 1 N–H and O–H groups in total. The van der Waals surface area contributed by atoms with Crippen molar-refractivity contribution in [3.63, 3.8) is 0 Å². The Kier molecular flexibility index (Phi) is 5.55. The van der Waals surface area contributed by atoms with Crippen LogP contribution in [0.5, 0.6) is 0 Å². The number of benzene rings is 1. The van der Waals surface area contributed by atoms with Gasteiger partial charge < -0.3 is 5.11 Å². The highest BCUT2D eigenvalue weighted by molar-refractivity contribution is 5.63. The molecule has 17 heavy (non-hydrogen) atoms. The van der Waals surface area contributed by atoms with Gasteiger partial charge in [-0.1, -0.05) is 30.3 Å². The topological polar surface area (TPSA) is 73.6 Å². The average molecular weight is 234 g/mol. The third-order valence-corrected chi connectivity index (χ3v) is 2.09. The highest BCUT2D eigenvalue weighted by Crippen LogP contribution is 2.04. The zero-order valence-corrected chi connectivity index (χ0v) is 9.37. The van der Waals surface area contributed by atoms with Crippen LogP contribution in [0.25, 0.3) is 0 Å². The molecule has 0 aliphatic heterocycles. The van der Waals surface area contributed by atoms with Crippen molar-refractivity contribution in [1.29, 1.82) is 5.26 Å². The third-order valence-electron chi connectivity index (χ3n) is 2.09. The Morgan fingerprint density at radius 3 is 2.71 bits per heavy atom. The summed E-state index contributed by atoms with van der Waals surface area (Å²) in [4.78, 5) is 16.0. The lowest BCUT2D eigenvalue weighted by atomic mass is 10.2. The second kappa shape index (κ2) is 7.25. The van der Waals surface area contributed by atoms with E-state index in [4.69, 9.17) is 15.2 Å². The van der Waals surface area contributed by atoms with Crippen LogP contribution in [0.1, 0.15) is 18.4 Å². The Morgan fingerprint density at radius 2 is 2.12 bits per heavy atom. The number of nitriles is 1. The lowest BCUT2D eigenvalue weighted by Gasteiger charge is -2.17. The van der Waals surface area contributed by atoms with Crippen LogP contribution < -0.4 is 0 Å². The Labute approximate surface area is 99.8 Å². The molecule has 90 valence electrons. The standard InChI is InChI=1S/C12H14N2O3/c13-8-4-5-9-14(12(15)16)17-10-11-6-2-1-3-7-11/h1-3,6-7H,4-5,9-10H2,(H,15,16). The molecule has 0 aromatic heterocycles. The van der Waals surface area contributed by atoms with Gasteiger partial charge in [0.1, 0.15) is 6.61 Å². The molecule has 1 aromatic rings. The molecule has 0 radical (unpaired) electrons. The predicted molar refractivity (Wildman–Crippen MR) is 60.8 cm³/mol. The van der Waals surface area contributed by atoms with Gasteiger partial charge in [0.05, 0.1) is 12.6 Å². The molecular weight excluding hydrogens is 220 g/mol. The minimum Gasteiger partial charge on any atom is -0.463 e. The minimum atomic E-state index is -1.14. The molecule has 5 nitrogen and oxygen atoms in total. The fraction of sp³-hybridized carbons (Fsp3) is 0.333. The Bertz CT molecular complexity index is 386. The molecule has 0 bridgehead atoms. The van der Waals surface area contributed by atoms with E-state index >= 15 is 0 Å². The molecule has 0 spiro atoms. The summed E-state index contributed by atoms with van der Waals surface area (Å²) in [7, 11) is 0. The maximum atomic E-state index is 10.8. The second-order valence-corrected chi connectivity index (χ2v) is 3.41. The molecule has 1 amide bonds. The van der Waals surface area contributed by atoms with Gasteiger partial charge in [-0.25, -0.2) is 4.79 Å². The van der Waals surface area contributed by atoms with Crippen LogP contribution in [0, 0.1) is 11.3 Å². The quantitative estimate of drug-likeness (QED) is 0.605. The van der Waals surface area contributed by atoms with Crippen LogP contribution in [0.3, 0.4) is 0 Å². The molecule has 1 rings (SSSR count). The van der Waals surface area contributed by atoms with E-state index in [1.807, 2.05) is 36.4 Å².